The Morgan fingerprint density at radius 1 is 0.850 bits per heavy atom. The summed E-state index contributed by atoms with van der Waals surface area (Å²) >= 11 is 4.85. The summed E-state index contributed by atoms with van der Waals surface area (Å²) in [5.41, 5.74) is 2.48. The number of hydrogen-bond donors (Lipinski definition) is 2. The predicted octanol–water partition coefficient (Wildman–Crippen LogP) is 7.23. The first kappa shape index (κ1) is 28.9. The highest BCUT2D eigenvalue weighted by molar-refractivity contribution is 9.10. The molecule has 2 amide bonds. The molecular weight excluding hydrogens is 588 g/mol. The van der Waals surface area contributed by atoms with Crippen molar-refractivity contribution in [3.63, 3.8) is 0 Å². The summed E-state index contributed by atoms with van der Waals surface area (Å²) < 4.78 is 6.28. The van der Waals surface area contributed by atoms with Crippen LogP contribution in [-0.2, 0) is 4.79 Å². The summed E-state index contributed by atoms with van der Waals surface area (Å²) in [6, 6.07) is 30.4. The summed E-state index contributed by atoms with van der Waals surface area (Å²) in [5, 5.41) is 5.58. The summed E-state index contributed by atoms with van der Waals surface area (Å²) in [7, 11) is 0. The van der Waals surface area contributed by atoms with E-state index in [9.17, 15) is 14.4 Å². The van der Waals surface area contributed by atoms with E-state index < -0.39 is 5.91 Å². The van der Waals surface area contributed by atoms with E-state index in [0.717, 1.165) is 20.7 Å². The van der Waals surface area contributed by atoms with E-state index in [1.54, 1.807) is 66.7 Å². The van der Waals surface area contributed by atoms with Gasteiger partial charge < -0.3 is 15.4 Å². The number of ketones is 1. The van der Waals surface area contributed by atoms with Crippen molar-refractivity contribution in [3.05, 3.63) is 130 Å². The lowest BCUT2D eigenvalue weighted by molar-refractivity contribution is -0.113. The molecule has 4 aromatic rings. The van der Waals surface area contributed by atoms with Crippen LogP contribution < -0.4 is 15.4 Å². The van der Waals surface area contributed by atoms with Gasteiger partial charge in [-0.1, -0.05) is 46.3 Å². The normalized spacial score (nSPS) is 11.0. The molecule has 0 saturated carbocycles. The summed E-state index contributed by atoms with van der Waals surface area (Å²) in [5.74, 6) is 0.182. The van der Waals surface area contributed by atoms with Crippen LogP contribution in [0.3, 0.4) is 0 Å². The third kappa shape index (κ3) is 8.43. The van der Waals surface area contributed by atoms with Crippen molar-refractivity contribution in [1.29, 1.82) is 0 Å². The molecule has 2 N–H and O–H groups in total. The highest BCUT2D eigenvalue weighted by atomic mass is 79.9. The molecule has 0 radical (unpaired) electrons. The van der Waals surface area contributed by atoms with Crippen molar-refractivity contribution < 1.29 is 19.1 Å². The van der Waals surface area contributed by atoms with E-state index in [1.807, 2.05) is 49.4 Å². The van der Waals surface area contributed by atoms with E-state index >= 15 is 0 Å². The van der Waals surface area contributed by atoms with Crippen LogP contribution in [0.25, 0.3) is 6.08 Å². The molecule has 0 saturated heterocycles. The molecule has 0 bridgehead atoms. The standard InChI is InChI=1S/C32H27BrN2O4S/c1-2-39-27-15-11-23(12-16-27)30(36)21-40-28-17-13-26(14-18-28)34-32(38)29(20-22-7-6-10-25(33)19-22)35-31(37)24-8-4-3-5-9-24/h3-20H,2,21H2,1H3,(H,34,38)(H,35,37)/b29-20-. The van der Waals surface area contributed by atoms with E-state index in [1.165, 1.54) is 11.8 Å². The molecule has 6 nitrogen and oxygen atoms in total. The number of nitrogens with one attached hydrogen (secondary N) is 2. The average molecular weight is 616 g/mol. The van der Waals surface area contributed by atoms with Gasteiger partial charge >= 0.3 is 0 Å². The Hall–Kier alpha value is -4.14. The van der Waals surface area contributed by atoms with E-state index in [2.05, 4.69) is 26.6 Å². The van der Waals surface area contributed by atoms with E-state index in [0.29, 0.717) is 23.4 Å². The molecule has 8 heteroatoms. The second-order valence-corrected chi connectivity index (χ2v) is 10.5. The van der Waals surface area contributed by atoms with Crippen LogP contribution in [-0.4, -0.2) is 30.0 Å². The molecule has 40 heavy (non-hydrogen) atoms. The Kier molecular flexibility index (Phi) is 10.3. The van der Waals surface area contributed by atoms with Gasteiger partial charge in [-0.15, -0.1) is 11.8 Å². The minimum atomic E-state index is -0.463. The third-order valence-electron chi connectivity index (χ3n) is 5.66. The number of rotatable bonds is 11. The van der Waals surface area contributed by atoms with E-state index in [4.69, 9.17) is 4.74 Å². The number of Topliss-reactive ketones (excluding diaryl/α,β-unsaturated/α-hetero) is 1. The number of hydrogen-bond acceptors (Lipinski definition) is 5. The first-order valence-corrected chi connectivity index (χ1v) is 14.3. The zero-order valence-electron chi connectivity index (χ0n) is 21.7. The number of benzene rings is 4. The minimum Gasteiger partial charge on any atom is -0.494 e. The lowest BCUT2D eigenvalue weighted by Gasteiger charge is -2.12. The molecule has 0 aromatic heterocycles. The van der Waals surface area contributed by atoms with Crippen molar-refractivity contribution in [2.24, 2.45) is 0 Å². The maximum atomic E-state index is 13.2. The second-order valence-electron chi connectivity index (χ2n) is 8.58. The fraction of sp³-hybridized carbons (Fsp3) is 0.0938. The van der Waals surface area contributed by atoms with Crippen LogP contribution >= 0.6 is 27.7 Å². The molecule has 0 spiro atoms. The summed E-state index contributed by atoms with van der Waals surface area (Å²) in [6.45, 7) is 2.49. The van der Waals surface area contributed by atoms with Crippen molar-refractivity contribution in [1.82, 2.24) is 5.32 Å². The molecule has 0 fully saturated rings. The molecule has 0 aliphatic heterocycles. The highest BCUT2D eigenvalue weighted by Crippen LogP contribution is 2.23. The molecule has 0 heterocycles. The van der Waals surface area contributed by atoms with Gasteiger partial charge in [-0.2, -0.15) is 0 Å². The Morgan fingerprint density at radius 2 is 1.57 bits per heavy atom. The molecule has 0 aliphatic rings. The average Bonchev–Trinajstić information content (AvgIpc) is 2.97. The van der Waals surface area contributed by atoms with Gasteiger partial charge in [-0.25, -0.2) is 0 Å². The molecular formula is C32H27BrN2O4S. The smallest absolute Gasteiger partial charge is 0.272 e. The molecule has 4 rings (SSSR count). The molecule has 202 valence electrons. The SMILES string of the molecule is CCOc1ccc(C(=O)CSc2ccc(NC(=O)/C(=C/c3cccc(Br)c3)NC(=O)c3ccccc3)cc2)cc1. The van der Waals surface area contributed by atoms with E-state index in [-0.39, 0.29) is 23.1 Å². The number of carbonyl (C=O) groups excluding carboxylic acids is 3. The van der Waals surface area contributed by atoms with Gasteiger partial charge in [0.15, 0.2) is 5.78 Å². The Morgan fingerprint density at radius 3 is 2.25 bits per heavy atom. The van der Waals surface area contributed by atoms with Crippen LogP contribution in [0.1, 0.15) is 33.2 Å². The number of thioether (sulfide) groups is 1. The summed E-state index contributed by atoms with van der Waals surface area (Å²) in [4.78, 5) is 39.5. The number of ether oxygens (including phenoxy) is 1. The second kappa shape index (κ2) is 14.3. The first-order valence-electron chi connectivity index (χ1n) is 12.5. The third-order valence-corrected chi connectivity index (χ3v) is 7.16. The van der Waals surface area contributed by atoms with Gasteiger partial charge in [-0.05, 0) is 91.4 Å². The first-order chi connectivity index (χ1) is 19.4. The fourth-order valence-electron chi connectivity index (χ4n) is 3.67. The van der Waals surface area contributed by atoms with Crippen LogP contribution in [0.15, 0.2) is 118 Å². The molecule has 0 atom stereocenters. The largest absolute Gasteiger partial charge is 0.494 e. The molecule has 0 unspecified atom stereocenters. The summed E-state index contributed by atoms with van der Waals surface area (Å²) in [6.07, 6.45) is 1.62. The molecule has 0 aliphatic carbocycles. The highest BCUT2D eigenvalue weighted by Gasteiger charge is 2.15. The van der Waals surface area contributed by atoms with Crippen molar-refractivity contribution in [3.8, 4) is 5.75 Å². The quantitative estimate of drug-likeness (QED) is 0.106. The van der Waals surface area contributed by atoms with Gasteiger partial charge in [0.25, 0.3) is 11.8 Å². The van der Waals surface area contributed by atoms with Crippen LogP contribution in [0.4, 0.5) is 5.69 Å². The van der Waals surface area contributed by atoms with Crippen molar-refractivity contribution in [2.75, 3.05) is 17.7 Å². The zero-order valence-corrected chi connectivity index (χ0v) is 24.1. The Labute approximate surface area is 246 Å². The fourth-order valence-corrected chi connectivity index (χ4v) is 4.88. The monoisotopic (exact) mass is 614 g/mol. The number of carbonyl (C=O) groups is 3. The number of amides is 2. The van der Waals surface area contributed by atoms with Crippen molar-refractivity contribution >= 4 is 57.1 Å². The Bertz CT molecular complexity index is 1500. The van der Waals surface area contributed by atoms with Gasteiger partial charge in [0.2, 0.25) is 0 Å². The zero-order chi connectivity index (χ0) is 28.3. The maximum absolute atomic E-state index is 13.2. The number of anilines is 1. The molecule has 4 aromatic carbocycles. The van der Waals surface area contributed by atoms with Gasteiger partial charge in [-0.3, -0.25) is 14.4 Å². The van der Waals surface area contributed by atoms with Gasteiger partial charge in [0, 0.05) is 26.2 Å². The van der Waals surface area contributed by atoms with Crippen LogP contribution in [0, 0.1) is 0 Å². The Balaban J connectivity index is 1.41. The lowest BCUT2D eigenvalue weighted by Crippen LogP contribution is -2.30. The minimum absolute atomic E-state index is 0.0157. The number of halogens is 1. The predicted molar refractivity (Wildman–Crippen MR) is 164 cm³/mol. The van der Waals surface area contributed by atoms with Crippen LogP contribution in [0.2, 0.25) is 0 Å². The van der Waals surface area contributed by atoms with Gasteiger partial charge in [0.1, 0.15) is 11.4 Å². The van der Waals surface area contributed by atoms with Gasteiger partial charge in [0.05, 0.1) is 12.4 Å². The lowest BCUT2D eigenvalue weighted by atomic mass is 10.1. The van der Waals surface area contributed by atoms with Crippen molar-refractivity contribution in [2.45, 2.75) is 11.8 Å². The topological polar surface area (TPSA) is 84.5 Å². The maximum Gasteiger partial charge on any atom is 0.272 e. The van der Waals surface area contributed by atoms with Crippen LogP contribution in [0.5, 0.6) is 5.75 Å².